The van der Waals surface area contributed by atoms with Gasteiger partial charge in [0.25, 0.3) is 0 Å². The first-order valence-electron chi connectivity index (χ1n) is 2.45. The maximum absolute atomic E-state index is 9.99. The molecule has 6 heteroatoms. The van der Waals surface area contributed by atoms with E-state index in [9.17, 15) is 4.57 Å². The Morgan fingerprint density at radius 3 is 2.33 bits per heavy atom. The summed E-state index contributed by atoms with van der Waals surface area (Å²) >= 11 is 0. The molecule has 0 saturated heterocycles. The molecule has 0 aliphatic rings. The number of rotatable bonds is 3. The molecule has 4 N–H and O–H groups in total. The fourth-order valence-corrected chi connectivity index (χ4v) is 0.753. The van der Waals surface area contributed by atoms with Crippen LogP contribution in [0.4, 0.5) is 0 Å². The minimum Gasteiger partial charge on any atom is -0.306 e. The molecule has 0 rings (SSSR count). The second-order valence-electron chi connectivity index (χ2n) is 1.54. The van der Waals surface area contributed by atoms with Crippen LogP contribution in [0, 0.1) is 0 Å². The summed E-state index contributed by atoms with van der Waals surface area (Å²) in [6.07, 6.45) is -0.490. The highest BCUT2D eigenvalue weighted by Gasteiger charge is 2.17. The van der Waals surface area contributed by atoms with Gasteiger partial charge in [-0.05, 0) is 6.42 Å². The number of hydrogen-bond donors (Lipinski definition) is 3. The minimum atomic E-state index is -4.36. The van der Waals surface area contributed by atoms with Crippen molar-refractivity contribution in [1.82, 2.24) is 0 Å². The van der Waals surface area contributed by atoms with Crippen LogP contribution in [0.5, 0.6) is 0 Å². The van der Waals surface area contributed by atoms with Crippen molar-refractivity contribution in [3.05, 3.63) is 0 Å². The average Bonchev–Trinajstić information content (AvgIpc) is 1.62. The van der Waals surface area contributed by atoms with E-state index in [4.69, 9.17) is 15.5 Å². The fourth-order valence-electron chi connectivity index (χ4n) is 0.251. The summed E-state index contributed by atoms with van der Waals surface area (Å²) in [6, 6.07) is 0. The number of nitrogens with two attached hydrogens (primary N) is 1. The summed E-state index contributed by atoms with van der Waals surface area (Å²) in [5.41, 5.74) is 5.04. The lowest BCUT2D eigenvalue weighted by molar-refractivity contribution is 0.134. The lowest BCUT2D eigenvalue weighted by Gasteiger charge is -2.09. The van der Waals surface area contributed by atoms with Crippen LogP contribution < -0.4 is 5.73 Å². The van der Waals surface area contributed by atoms with Crippen molar-refractivity contribution in [3.63, 3.8) is 0 Å². The van der Waals surface area contributed by atoms with Gasteiger partial charge in [-0.1, -0.05) is 6.92 Å². The Morgan fingerprint density at radius 2 is 2.22 bits per heavy atom. The van der Waals surface area contributed by atoms with Crippen molar-refractivity contribution >= 4 is 7.82 Å². The molecule has 1 atom stereocenters. The molecule has 0 fully saturated rings. The summed E-state index contributed by atoms with van der Waals surface area (Å²) in [5.74, 6) is 0. The maximum atomic E-state index is 9.99. The highest BCUT2D eigenvalue weighted by atomic mass is 31.2. The van der Waals surface area contributed by atoms with E-state index in [1.807, 2.05) is 0 Å². The molecule has 0 heterocycles. The van der Waals surface area contributed by atoms with Crippen LogP contribution in [0.3, 0.4) is 0 Å². The van der Waals surface area contributed by atoms with Crippen LogP contribution >= 0.6 is 7.82 Å². The van der Waals surface area contributed by atoms with Crippen molar-refractivity contribution in [2.45, 2.75) is 19.6 Å². The molecule has 0 unspecified atom stereocenters. The van der Waals surface area contributed by atoms with Crippen molar-refractivity contribution in [1.29, 1.82) is 0 Å². The summed E-state index contributed by atoms with van der Waals surface area (Å²) in [4.78, 5) is 16.3. The third-order valence-corrected chi connectivity index (χ3v) is 1.22. The molecule has 0 aliphatic carbocycles. The first kappa shape index (κ1) is 9.07. The van der Waals surface area contributed by atoms with Crippen molar-refractivity contribution in [3.8, 4) is 0 Å². The van der Waals surface area contributed by atoms with E-state index >= 15 is 0 Å². The maximum Gasteiger partial charge on any atom is 0.471 e. The Balaban J connectivity index is 3.60. The van der Waals surface area contributed by atoms with Gasteiger partial charge < -0.3 is 15.5 Å². The molecule has 56 valence electrons. The predicted octanol–water partition coefficient (Wildman–Crippen LogP) is -0.210. The van der Waals surface area contributed by atoms with Crippen LogP contribution in [-0.4, -0.2) is 16.0 Å². The molecule has 0 amide bonds. The van der Waals surface area contributed by atoms with Gasteiger partial charge in [0.2, 0.25) is 0 Å². The predicted molar refractivity (Wildman–Crippen MR) is 31.4 cm³/mol. The highest BCUT2D eigenvalue weighted by molar-refractivity contribution is 7.46. The molecule has 5 nitrogen and oxygen atoms in total. The first-order valence-corrected chi connectivity index (χ1v) is 3.98. The van der Waals surface area contributed by atoms with Crippen LogP contribution in [0.1, 0.15) is 13.3 Å². The Labute approximate surface area is 53.1 Å². The van der Waals surface area contributed by atoms with E-state index in [0.29, 0.717) is 6.42 Å². The lowest BCUT2D eigenvalue weighted by Crippen LogP contribution is -2.20. The SMILES string of the molecule is CC[C@@H](N)OP(=O)(O)O. The van der Waals surface area contributed by atoms with E-state index in [1.54, 1.807) is 6.92 Å². The van der Waals surface area contributed by atoms with Gasteiger partial charge in [-0.2, -0.15) is 0 Å². The van der Waals surface area contributed by atoms with Gasteiger partial charge in [0, 0.05) is 0 Å². The van der Waals surface area contributed by atoms with Gasteiger partial charge in [-0.3, -0.25) is 4.52 Å². The Kier molecular flexibility index (Phi) is 3.32. The molecule has 0 aromatic rings. The second-order valence-corrected chi connectivity index (χ2v) is 2.73. The molecule has 0 aromatic heterocycles. The Bertz CT molecular complexity index is 121. The quantitative estimate of drug-likeness (QED) is 0.387. The molecule has 0 aliphatic heterocycles. The van der Waals surface area contributed by atoms with E-state index in [-0.39, 0.29) is 0 Å². The summed E-state index contributed by atoms with van der Waals surface area (Å²) in [6.45, 7) is 1.67. The number of hydrogen-bond acceptors (Lipinski definition) is 3. The van der Waals surface area contributed by atoms with E-state index in [0.717, 1.165) is 0 Å². The van der Waals surface area contributed by atoms with Gasteiger partial charge in [0.15, 0.2) is 0 Å². The van der Waals surface area contributed by atoms with E-state index < -0.39 is 14.1 Å². The molecular formula is C3H10NO4P. The lowest BCUT2D eigenvalue weighted by atomic mass is 10.5. The first-order chi connectivity index (χ1) is 3.95. The van der Waals surface area contributed by atoms with Crippen molar-refractivity contribution < 1.29 is 18.9 Å². The van der Waals surface area contributed by atoms with Gasteiger partial charge in [-0.15, -0.1) is 0 Å². The molecule has 0 spiro atoms. The van der Waals surface area contributed by atoms with Crippen molar-refractivity contribution in [2.75, 3.05) is 0 Å². The van der Waals surface area contributed by atoms with Crippen molar-refractivity contribution in [2.24, 2.45) is 5.73 Å². The van der Waals surface area contributed by atoms with Crippen LogP contribution in [0.25, 0.3) is 0 Å². The third-order valence-electron chi connectivity index (χ3n) is 0.675. The molecule has 0 radical (unpaired) electrons. The molecule has 0 saturated carbocycles. The van der Waals surface area contributed by atoms with E-state index in [2.05, 4.69) is 4.52 Å². The Hall–Kier alpha value is 0.0700. The van der Waals surface area contributed by atoms with Gasteiger partial charge in [0.05, 0.1) is 0 Å². The molecular weight excluding hydrogens is 145 g/mol. The molecule has 0 bridgehead atoms. The normalized spacial score (nSPS) is 15.6. The van der Waals surface area contributed by atoms with Crippen LogP contribution in [0.15, 0.2) is 0 Å². The standard InChI is InChI=1S/C3H10NO4P/c1-2-3(4)8-9(5,6)7/h3H,2,4H2,1H3,(H2,5,6,7)/t3-/m0/s1. The monoisotopic (exact) mass is 155 g/mol. The Morgan fingerprint density at radius 1 is 1.78 bits per heavy atom. The third kappa shape index (κ3) is 5.95. The molecule has 0 aromatic carbocycles. The fraction of sp³-hybridized carbons (Fsp3) is 1.00. The zero-order valence-corrected chi connectivity index (χ0v) is 5.91. The van der Waals surface area contributed by atoms with Crippen LogP contribution in [-0.2, 0) is 9.09 Å². The van der Waals surface area contributed by atoms with Gasteiger partial charge in [-0.25, -0.2) is 4.57 Å². The zero-order chi connectivity index (χ0) is 7.49. The second kappa shape index (κ2) is 3.29. The van der Waals surface area contributed by atoms with Gasteiger partial charge >= 0.3 is 7.82 Å². The van der Waals surface area contributed by atoms with Gasteiger partial charge in [0.1, 0.15) is 6.23 Å². The van der Waals surface area contributed by atoms with E-state index in [1.165, 1.54) is 0 Å². The summed E-state index contributed by atoms with van der Waals surface area (Å²) in [5, 5.41) is 0. The highest BCUT2D eigenvalue weighted by Crippen LogP contribution is 2.36. The number of phosphoric ester groups is 1. The van der Waals surface area contributed by atoms with Crippen LogP contribution in [0.2, 0.25) is 0 Å². The zero-order valence-electron chi connectivity index (χ0n) is 5.02. The minimum absolute atomic E-state index is 0.380. The summed E-state index contributed by atoms with van der Waals surface area (Å²) in [7, 11) is -4.36. The summed E-state index contributed by atoms with van der Waals surface area (Å²) < 4.78 is 14.0. The smallest absolute Gasteiger partial charge is 0.306 e. The number of phosphoric acid groups is 1. The average molecular weight is 155 g/mol. The molecule has 9 heavy (non-hydrogen) atoms. The topological polar surface area (TPSA) is 92.8 Å². The largest absolute Gasteiger partial charge is 0.471 e.